The van der Waals surface area contributed by atoms with E-state index in [0.29, 0.717) is 26.1 Å². The molecule has 2 aromatic carbocycles. The predicted octanol–water partition coefficient (Wildman–Crippen LogP) is 3.42. The van der Waals surface area contributed by atoms with E-state index in [4.69, 9.17) is 9.57 Å². The molecule has 6 heteroatoms. The molecule has 0 saturated heterocycles. The molecule has 0 fully saturated rings. The Balaban J connectivity index is 1.66. The number of nitrogens with one attached hydrogen (secondary N) is 1. The van der Waals surface area contributed by atoms with Crippen LogP contribution in [-0.2, 0) is 11.4 Å². The van der Waals surface area contributed by atoms with Crippen LogP contribution in [0.4, 0.5) is 4.79 Å². The van der Waals surface area contributed by atoms with E-state index in [1.54, 1.807) is 12.0 Å². The van der Waals surface area contributed by atoms with Gasteiger partial charge in [0.2, 0.25) is 0 Å². The van der Waals surface area contributed by atoms with Crippen LogP contribution in [0.2, 0.25) is 0 Å². The highest BCUT2D eigenvalue weighted by molar-refractivity contribution is 6.01. The maximum absolute atomic E-state index is 12.5. The summed E-state index contributed by atoms with van der Waals surface area (Å²) in [5, 5.41) is 7.09. The lowest BCUT2D eigenvalue weighted by molar-refractivity contribution is 0.0590. The summed E-state index contributed by atoms with van der Waals surface area (Å²) in [5.41, 5.74) is 2.97. The third-order valence-corrected chi connectivity index (χ3v) is 4.39. The van der Waals surface area contributed by atoms with Crippen molar-refractivity contribution in [3.8, 4) is 5.75 Å². The fourth-order valence-corrected chi connectivity index (χ4v) is 3.05. The SMILES string of the molecule is CCNC(=O)N(Cc1cccc(OC)c1)CC1CC(c2ccccc2)=NO1. The highest BCUT2D eigenvalue weighted by Gasteiger charge is 2.26. The van der Waals surface area contributed by atoms with Gasteiger partial charge in [-0.2, -0.15) is 0 Å². The minimum atomic E-state index is -0.159. The summed E-state index contributed by atoms with van der Waals surface area (Å²) in [5.74, 6) is 0.773. The molecule has 1 aliphatic rings. The van der Waals surface area contributed by atoms with Crippen molar-refractivity contribution >= 4 is 11.7 Å². The summed E-state index contributed by atoms with van der Waals surface area (Å²) >= 11 is 0. The van der Waals surface area contributed by atoms with Crippen molar-refractivity contribution in [2.75, 3.05) is 20.2 Å². The molecule has 2 aromatic rings. The Bertz CT molecular complexity index is 792. The van der Waals surface area contributed by atoms with E-state index in [1.165, 1.54) is 0 Å². The second-order valence-corrected chi connectivity index (χ2v) is 6.40. The molecule has 1 unspecified atom stereocenters. The van der Waals surface area contributed by atoms with E-state index in [-0.39, 0.29) is 12.1 Å². The largest absolute Gasteiger partial charge is 0.497 e. The number of hydrogen-bond donors (Lipinski definition) is 1. The van der Waals surface area contributed by atoms with Crippen LogP contribution in [-0.4, -0.2) is 42.9 Å². The molecule has 0 radical (unpaired) electrons. The highest BCUT2D eigenvalue weighted by Crippen LogP contribution is 2.20. The average molecular weight is 367 g/mol. The molecule has 0 bridgehead atoms. The lowest BCUT2D eigenvalue weighted by Crippen LogP contribution is -2.43. The Morgan fingerprint density at radius 2 is 2.07 bits per heavy atom. The van der Waals surface area contributed by atoms with Crippen LogP contribution in [0, 0.1) is 0 Å². The quantitative estimate of drug-likeness (QED) is 0.816. The minimum Gasteiger partial charge on any atom is -0.497 e. The smallest absolute Gasteiger partial charge is 0.317 e. The van der Waals surface area contributed by atoms with Gasteiger partial charge in [0.15, 0.2) is 6.10 Å². The van der Waals surface area contributed by atoms with Crippen LogP contribution in [0.25, 0.3) is 0 Å². The summed E-state index contributed by atoms with van der Waals surface area (Å²) in [6, 6.07) is 17.6. The zero-order chi connectivity index (χ0) is 19.1. The van der Waals surface area contributed by atoms with Crippen LogP contribution < -0.4 is 10.1 Å². The van der Waals surface area contributed by atoms with Crippen molar-refractivity contribution in [1.82, 2.24) is 10.2 Å². The first-order chi connectivity index (χ1) is 13.2. The van der Waals surface area contributed by atoms with E-state index in [0.717, 1.165) is 22.6 Å². The Kier molecular flexibility index (Phi) is 6.30. The van der Waals surface area contributed by atoms with Crippen LogP contribution in [0.5, 0.6) is 5.75 Å². The summed E-state index contributed by atoms with van der Waals surface area (Å²) in [7, 11) is 1.63. The van der Waals surface area contributed by atoms with Crippen molar-refractivity contribution in [1.29, 1.82) is 0 Å². The molecule has 0 spiro atoms. The van der Waals surface area contributed by atoms with Gasteiger partial charge in [0.1, 0.15) is 5.75 Å². The standard InChI is InChI=1S/C21H25N3O3/c1-3-22-21(25)24(14-16-8-7-11-18(12-16)26-2)15-19-13-20(23-27-19)17-9-5-4-6-10-17/h4-12,19H,3,13-15H2,1-2H3,(H,22,25). The van der Waals surface area contributed by atoms with Gasteiger partial charge in [-0.05, 0) is 30.2 Å². The molecule has 0 saturated carbocycles. The highest BCUT2D eigenvalue weighted by atomic mass is 16.6. The number of carbonyl (C=O) groups excluding carboxylic acids is 1. The monoisotopic (exact) mass is 367 g/mol. The number of nitrogens with zero attached hydrogens (tertiary/aromatic N) is 2. The van der Waals surface area contributed by atoms with Gasteiger partial charge >= 0.3 is 6.03 Å². The summed E-state index contributed by atoms with van der Waals surface area (Å²) in [4.78, 5) is 19.9. The fraction of sp³-hybridized carbons (Fsp3) is 0.333. The molecule has 6 nitrogen and oxygen atoms in total. The molecule has 1 atom stereocenters. The topological polar surface area (TPSA) is 63.2 Å². The average Bonchev–Trinajstić information content (AvgIpc) is 3.17. The maximum atomic E-state index is 12.5. The number of rotatable bonds is 7. The van der Waals surface area contributed by atoms with Gasteiger partial charge in [0, 0.05) is 19.5 Å². The number of methoxy groups -OCH3 is 1. The number of ether oxygens (including phenoxy) is 1. The first-order valence-electron chi connectivity index (χ1n) is 9.13. The predicted molar refractivity (Wildman–Crippen MR) is 105 cm³/mol. The van der Waals surface area contributed by atoms with Gasteiger partial charge in [0.25, 0.3) is 0 Å². The molecular formula is C21H25N3O3. The second-order valence-electron chi connectivity index (χ2n) is 6.40. The minimum absolute atomic E-state index is 0.114. The van der Waals surface area contributed by atoms with E-state index < -0.39 is 0 Å². The summed E-state index contributed by atoms with van der Waals surface area (Å²) < 4.78 is 5.28. The Hall–Kier alpha value is -3.02. The Morgan fingerprint density at radius 1 is 1.26 bits per heavy atom. The third-order valence-electron chi connectivity index (χ3n) is 4.39. The number of hydrogen-bond acceptors (Lipinski definition) is 4. The Morgan fingerprint density at radius 3 is 2.81 bits per heavy atom. The molecule has 142 valence electrons. The molecule has 3 rings (SSSR count). The first-order valence-corrected chi connectivity index (χ1v) is 9.13. The molecular weight excluding hydrogens is 342 g/mol. The molecule has 1 N–H and O–H groups in total. The molecule has 2 amide bonds. The zero-order valence-corrected chi connectivity index (χ0v) is 15.7. The first kappa shape index (κ1) is 18.8. The van der Waals surface area contributed by atoms with Gasteiger partial charge in [0.05, 0.1) is 19.4 Å². The number of benzene rings is 2. The molecule has 1 aliphatic heterocycles. The van der Waals surface area contributed by atoms with Crippen molar-refractivity contribution in [3.05, 3.63) is 65.7 Å². The zero-order valence-electron chi connectivity index (χ0n) is 15.7. The number of amides is 2. The normalized spacial score (nSPS) is 15.6. The van der Waals surface area contributed by atoms with Crippen LogP contribution in [0.15, 0.2) is 59.8 Å². The van der Waals surface area contributed by atoms with Gasteiger partial charge in [-0.3, -0.25) is 0 Å². The number of carbonyl (C=O) groups is 1. The fourth-order valence-electron chi connectivity index (χ4n) is 3.05. The van der Waals surface area contributed by atoms with E-state index in [9.17, 15) is 4.79 Å². The van der Waals surface area contributed by atoms with Gasteiger partial charge in [-0.25, -0.2) is 4.79 Å². The van der Waals surface area contributed by atoms with Crippen molar-refractivity contribution in [2.45, 2.75) is 26.0 Å². The number of urea groups is 1. The lowest BCUT2D eigenvalue weighted by Gasteiger charge is -2.25. The van der Waals surface area contributed by atoms with Gasteiger partial charge in [-0.1, -0.05) is 47.6 Å². The van der Waals surface area contributed by atoms with Crippen molar-refractivity contribution in [3.63, 3.8) is 0 Å². The van der Waals surface area contributed by atoms with Gasteiger partial charge < -0.3 is 19.8 Å². The van der Waals surface area contributed by atoms with E-state index in [2.05, 4.69) is 10.5 Å². The van der Waals surface area contributed by atoms with Crippen molar-refractivity contribution in [2.24, 2.45) is 5.16 Å². The van der Waals surface area contributed by atoms with Gasteiger partial charge in [-0.15, -0.1) is 0 Å². The van der Waals surface area contributed by atoms with Crippen LogP contribution >= 0.6 is 0 Å². The second kappa shape index (κ2) is 9.07. The summed E-state index contributed by atoms with van der Waals surface area (Å²) in [6.07, 6.45) is 0.520. The van der Waals surface area contributed by atoms with Crippen molar-refractivity contribution < 1.29 is 14.4 Å². The maximum Gasteiger partial charge on any atom is 0.317 e. The molecule has 0 aliphatic carbocycles. The summed E-state index contributed by atoms with van der Waals surface area (Å²) in [6.45, 7) is 3.42. The number of oxime groups is 1. The van der Waals surface area contributed by atoms with Crippen LogP contribution in [0.3, 0.4) is 0 Å². The van der Waals surface area contributed by atoms with E-state index >= 15 is 0 Å². The molecule has 0 aromatic heterocycles. The van der Waals surface area contributed by atoms with Crippen LogP contribution in [0.1, 0.15) is 24.5 Å². The lowest BCUT2D eigenvalue weighted by atomic mass is 10.0. The Labute approximate surface area is 159 Å². The molecule has 27 heavy (non-hydrogen) atoms. The van der Waals surface area contributed by atoms with E-state index in [1.807, 2.05) is 61.5 Å². The molecule has 1 heterocycles. The third kappa shape index (κ3) is 5.00.